The van der Waals surface area contributed by atoms with Crippen LogP contribution >= 0.6 is 0 Å². The van der Waals surface area contributed by atoms with Crippen LogP contribution in [0.3, 0.4) is 0 Å². The highest BCUT2D eigenvalue weighted by Gasteiger charge is 2.49. The first-order chi connectivity index (χ1) is 11.7. The highest BCUT2D eigenvalue weighted by Crippen LogP contribution is 2.33. The molecule has 1 aliphatic rings. The van der Waals surface area contributed by atoms with Gasteiger partial charge in [0, 0.05) is 18.6 Å². The maximum Gasteiger partial charge on any atom is 0.410 e. The zero-order valence-corrected chi connectivity index (χ0v) is 16.0. The van der Waals surface area contributed by atoms with Crippen molar-refractivity contribution in [2.24, 2.45) is 0 Å². The first-order valence-corrected chi connectivity index (χ1v) is 9.00. The molecule has 138 valence electrons. The molecule has 2 rings (SSSR count). The third-order valence-electron chi connectivity index (χ3n) is 4.90. The van der Waals surface area contributed by atoms with Gasteiger partial charge in [-0.15, -0.1) is 0 Å². The highest BCUT2D eigenvalue weighted by atomic mass is 16.6. The Labute approximate surface area is 150 Å². The molecule has 0 bridgehead atoms. The number of ether oxygens (including phenoxy) is 1. The van der Waals surface area contributed by atoms with Gasteiger partial charge >= 0.3 is 6.09 Å². The average Bonchev–Trinajstić information content (AvgIpc) is 2.96. The Hall–Kier alpha value is -2.04. The second kappa shape index (κ2) is 7.46. The monoisotopic (exact) mass is 346 g/mol. The van der Waals surface area contributed by atoms with E-state index in [0.29, 0.717) is 19.5 Å². The van der Waals surface area contributed by atoms with Crippen molar-refractivity contribution in [1.29, 1.82) is 0 Å². The van der Waals surface area contributed by atoms with Crippen LogP contribution in [0.4, 0.5) is 4.79 Å². The number of amides is 2. The molecular weight excluding hydrogens is 316 g/mol. The van der Waals surface area contributed by atoms with Gasteiger partial charge in [-0.3, -0.25) is 9.69 Å². The Morgan fingerprint density at radius 3 is 2.44 bits per heavy atom. The third-order valence-corrected chi connectivity index (χ3v) is 4.90. The quantitative estimate of drug-likeness (QED) is 0.832. The van der Waals surface area contributed by atoms with Gasteiger partial charge in [-0.05, 0) is 53.0 Å². The van der Waals surface area contributed by atoms with E-state index >= 15 is 0 Å². The molecule has 1 aromatic rings. The maximum absolute atomic E-state index is 13.2. The van der Waals surface area contributed by atoms with Gasteiger partial charge in [-0.1, -0.05) is 30.3 Å². The summed E-state index contributed by atoms with van der Waals surface area (Å²) in [4.78, 5) is 29.3. The fourth-order valence-corrected chi connectivity index (χ4v) is 3.49. The fraction of sp³-hybridized carbons (Fsp3) is 0.600. The van der Waals surface area contributed by atoms with Gasteiger partial charge in [0.25, 0.3) is 0 Å². The molecule has 0 radical (unpaired) electrons. The van der Waals surface area contributed by atoms with E-state index in [1.54, 1.807) is 4.90 Å². The van der Waals surface area contributed by atoms with E-state index in [0.717, 1.165) is 12.0 Å². The normalized spacial score (nSPS) is 20.4. The summed E-state index contributed by atoms with van der Waals surface area (Å²) in [6.45, 7) is 11.3. The predicted molar refractivity (Wildman–Crippen MR) is 98.1 cm³/mol. The van der Waals surface area contributed by atoms with Crippen molar-refractivity contribution in [2.45, 2.75) is 65.1 Å². The van der Waals surface area contributed by atoms with Crippen molar-refractivity contribution in [2.75, 3.05) is 13.1 Å². The first-order valence-electron chi connectivity index (χ1n) is 9.00. The number of likely N-dealkylation sites (N-methyl/N-ethyl adjacent to an activating group) is 1. The molecule has 1 saturated heterocycles. The zero-order chi connectivity index (χ0) is 18.7. The molecule has 1 aromatic carbocycles. The minimum Gasteiger partial charge on any atom is -0.445 e. The Morgan fingerprint density at radius 1 is 1.24 bits per heavy atom. The fourth-order valence-electron chi connectivity index (χ4n) is 3.49. The molecular formula is C20H30N2O3. The lowest BCUT2D eigenvalue weighted by Gasteiger charge is -2.42. The van der Waals surface area contributed by atoms with Crippen molar-refractivity contribution in [1.82, 2.24) is 9.80 Å². The van der Waals surface area contributed by atoms with Gasteiger partial charge in [0.1, 0.15) is 12.1 Å². The third kappa shape index (κ3) is 4.14. The van der Waals surface area contributed by atoms with Gasteiger partial charge in [0.2, 0.25) is 5.91 Å². The van der Waals surface area contributed by atoms with Gasteiger partial charge in [-0.2, -0.15) is 0 Å². The number of carbonyl (C=O) groups excluding carboxylic acids is 2. The zero-order valence-electron chi connectivity index (χ0n) is 16.0. The van der Waals surface area contributed by atoms with Crippen molar-refractivity contribution < 1.29 is 14.3 Å². The van der Waals surface area contributed by atoms with E-state index in [-0.39, 0.29) is 18.1 Å². The van der Waals surface area contributed by atoms with Crippen molar-refractivity contribution in [3.05, 3.63) is 35.9 Å². The van der Waals surface area contributed by atoms with Crippen molar-refractivity contribution in [3.63, 3.8) is 0 Å². The number of likely N-dealkylation sites (tertiary alicyclic amines) is 1. The van der Waals surface area contributed by atoms with Crippen LogP contribution in [0.15, 0.2) is 30.3 Å². The summed E-state index contributed by atoms with van der Waals surface area (Å²) < 4.78 is 5.47. The summed E-state index contributed by atoms with van der Waals surface area (Å²) in [7, 11) is 0. The molecule has 0 N–H and O–H groups in total. The number of nitrogens with zero attached hydrogens (tertiary/aromatic N) is 2. The smallest absolute Gasteiger partial charge is 0.410 e. The lowest BCUT2D eigenvalue weighted by molar-refractivity contribution is -0.146. The van der Waals surface area contributed by atoms with Crippen molar-refractivity contribution in [3.8, 4) is 0 Å². The Morgan fingerprint density at radius 2 is 1.88 bits per heavy atom. The van der Waals surface area contributed by atoms with E-state index in [2.05, 4.69) is 0 Å². The molecule has 1 unspecified atom stereocenters. The lowest BCUT2D eigenvalue weighted by Crippen LogP contribution is -2.60. The van der Waals surface area contributed by atoms with Crippen LogP contribution in [0, 0.1) is 0 Å². The van der Waals surface area contributed by atoms with Gasteiger partial charge in [-0.25, -0.2) is 4.79 Å². The number of hydrogen-bond donors (Lipinski definition) is 0. The summed E-state index contributed by atoms with van der Waals surface area (Å²) in [6.07, 6.45) is 1.06. The second-order valence-corrected chi connectivity index (χ2v) is 7.79. The number of benzene rings is 1. The molecule has 1 atom stereocenters. The largest absolute Gasteiger partial charge is 0.445 e. The second-order valence-electron chi connectivity index (χ2n) is 7.79. The molecule has 0 aromatic heterocycles. The van der Waals surface area contributed by atoms with E-state index in [1.807, 2.05) is 69.9 Å². The Balaban J connectivity index is 2.11. The molecule has 0 spiro atoms. The number of hydrogen-bond acceptors (Lipinski definition) is 3. The SMILES string of the molecule is CCN(C(=O)C1(C)CCCN1C(=O)OCc1ccccc1)C(C)(C)C. The minimum atomic E-state index is -0.836. The molecule has 0 saturated carbocycles. The molecule has 1 heterocycles. The molecule has 5 heteroatoms. The topological polar surface area (TPSA) is 49.9 Å². The van der Waals surface area contributed by atoms with Crippen LogP contribution in [0.5, 0.6) is 0 Å². The van der Waals surface area contributed by atoms with Crippen molar-refractivity contribution >= 4 is 12.0 Å². The van der Waals surface area contributed by atoms with E-state index in [4.69, 9.17) is 4.74 Å². The van der Waals surface area contributed by atoms with Crippen LogP contribution in [0.25, 0.3) is 0 Å². The predicted octanol–water partition coefficient (Wildman–Crippen LogP) is 3.82. The molecule has 1 fully saturated rings. The van der Waals surface area contributed by atoms with E-state index < -0.39 is 11.6 Å². The van der Waals surface area contributed by atoms with Gasteiger partial charge < -0.3 is 9.64 Å². The van der Waals surface area contributed by atoms with E-state index in [9.17, 15) is 9.59 Å². The minimum absolute atomic E-state index is 0.00309. The molecule has 25 heavy (non-hydrogen) atoms. The van der Waals surface area contributed by atoms with Crippen LogP contribution in [0.1, 0.15) is 53.0 Å². The summed E-state index contributed by atoms with van der Waals surface area (Å²) in [6, 6.07) is 9.58. The Kier molecular flexibility index (Phi) is 5.76. The molecule has 1 aliphatic heterocycles. The van der Waals surface area contributed by atoms with Crippen LogP contribution in [-0.4, -0.2) is 46.0 Å². The van der Waals surface area contributed by atoms with Crippen LogP contribution in [0.2, 0.25) is 0 Å². The highest BCUT2D eigenvalue weighted by molar-refractivity contribution is 5.90. The standard InChI is InChI=1S/C20H30N2O3/c1-6-21(19(2,3)4)17(23)20(5)13-10-14-22(20)18(24)25-15-16-11-8-7-9-12-16/h7-9,11-12H,6,10,13-15H2,1-5H3. The summed E-state index contributed by atoms with van der Waals surface area (Å²) >= 11 is 0. The lowest BCUT2D eigenvalue weighted by atomic mass is 9.93. The molecule has 0 aliphatic carbocycles. The first kappa shape index (κ1) is 19.3. The maximum atomic E-state index is 13.2. The number of carbonyl (C=O) groups is 2. The summed E-state index contributed by atoms with van der Waals surface area (Å²) in [5.41, 5.74) is -0.179. The Bertz CT molecular complexity index is 609. The van der Waals surface area contributed by atoms with Crippen LogP contribution < -0.4 is 0 Å². The number of rotatable bonds is 4. The van der Waals surface area contributed by atoms with Crippen LogP contribution in [-0.2, 0) is 16.1 Å². The molecule has 5 nitrogen and oxygen atoms in total. The average molecular weight is 346 g/mol. The summed E-state index contributed by atoms with van der Waals surface area (Å²) in [5.74, 6) is -0.00309. The van der Waals surface area contributed by atoms with E-state index in [1.165, 1.54) is 0 Å². The van der Waals surface area contributed by atoms with Gasteiger partial charge in [0.15, 0.2) is 0 Å². The van der Waals surface area contributed by atoms with Gasteiger partial charge in [0.05, 0.1) is 0 Å². The summed E-state index contributed by atoms with van der Waals surface area (Å²) in [5, 5.41) is 0. The molecule has 2 amide bonds.